The Hall–Kier alpha value is -0.120. The lowest BCUT2D eigenvalue weighted by Gasteiger charge is -2.40. The van der Waals surface area contributed by atoms with Crippen molar-refractivity contribution in [3.8, 4) is 0 Å². The monoisotopic (exact) mass is 296 g/mol. The Morgan fingerprint density at radius 1 is 1.24 bits per heavy atom. The number of methoxy groups -OCH3 is 1. The summed E-state index contributed by atoms with van der Waals surface area (Å²) < 4.78 is 5.35. The maximum Gasteiger partial charge on any atom is 0.0589 e. The van der Waals surface area contributed by atoms with E-state index in [0.717, 1.165) is 49.5 Å². The Morgan fingerprint density at radius 3 is 2.62 bits per heavy atom. The van der Waals surface area contributed by atoms with E-state index in [0.29, 0.717) is 0 Å². The first kappa shape index (κ1) is 17.2. The molecule has 2 saturated carbocycles. The highest BCUT2D eigenvalue weighted by Crippen LogP contribution is 2.36. The first-order valence-electron chi connectivity index (χ1n) is 9.12. The summed E-state index contributed by atoms with van der Waals surface area (Å²) in [6, 6.07) is 1.46. The van der Waals surface area contributed by atoms with Crippen LogP contribution >= 0.6 is 0 Å². The van der Waals surface area contributed by atoms with Crippen molar-refractivity contribution in [2.75, 3.05) is 33.4 Å². The van der Waals surface area contributed by atoms with Crippen LogP contribution in [0.4, 0.5) is 0 Å². The lowest BCUT2D eigenvalue weighted by atomic mass is 9.78. The summed E-state index contributed by atoms with van der Waals surface area (Å²) in [5.74, 6) is 2.65. The molecule has 2 rings (SSSR count). The number of ether oxygens (including phenoxy) is 1. The lowest BCUT2D eigenvalue weighted by Crippen LogP contribution is -2.48. The topological polar surface area (TPSA) is 24.5 Å². The summed E-state index contributed by atoms with van der Waals surface area (Å²) in [5.41, 5.74) is 0. The average molecular weight is 296 g/mol. The van der Waals surface area contributed by atoms with Gasteiger partial charge in [-0.2, -0.15) is 0 Å². The van der Waals surface area contributed by atoms with Gasteiger partial charge in [-0.05, 0) is 63.3 Å². The van der Waals surface area contributed by atoms with E-state index in [-0.39, 0.29) is 0 Å². The molecule has 0 aromatic heterocycles. The summed E-state index contributed by atoms with van der Waals surface area (Å²) in [6.45, 7) is 11.4. The molecule has 0 amide bonds. The molecule has 4 atom stereocenters. The molecular formula is C18H36N2O. The van der Waals surface area contributed by atoms with Crippen molar-refractivity contribution in [2.24, 2.45) is 17.8 Å². The second-order valence-electron chi connectivity index (χ2n) is 7.41. The third kappa shape index (κ3) is 5.22. The maximum absolute atomic E-state index is 5.35. The molecule has 0 spiro atoms. The molecule has 1 N–H and O–H groups in total. The largest absolute Gasteiger partial charge is 0.383 e. The van der Waals surface area contributed by atoms with Crippen molar-refractivity contribution < 1.29 is 4.74 Å². The molecule has 0 heterocycles. The van der Waals surface area contributed by atoms with Gasteiger partial charge in [-0.1, -0.05) is 13.8 Å². The third-order valence-corrected chi connectivity index (χ3v) is 5.64. The van der Waals surface area contributed by atoms with E-state index < -0.39 is 0 Å². The van der Waals surface area contributed by atoms with Gasteiger partial charge in [-0.25, -0.2) is 0 Å². The average Bonchev–Trinajstić information content (AvgIpc) is 3.30. The first-order valence-corrected chi connectivity index (χ1v) is 9.12. The highest BCUT2D eigenvalue weighted by molar-refractivity contribution is 4.90. The second-order valence-corrected chi connectivity index (χ2v) is 7.41. The summed E-state index contributed by atoms with van der Waals surface area (Å²) >= 11 is 0. The SMILES string of the molecule is CCNC1CCC(C)CC1CN(CCOC)C(C)C1CC1. The number of nitrogens with zero attached hydrogens (tertiary/aromatic N) is 1. The fraction of sp³-hybridized carbons (Fsp3) is 1.00. The molecule has 4 unspecified atom stereocenters. The highest BCUT2D eigenvalue weighted by Gasteiger charge is 2.35. The summed E-state index contributed by atoms with van der Waals surface area (Å²) in [5, 5.41) is 3.74. The van der Waals surface area contributed by atoms with Crippen molar-refractivity contribution in [3.63, 3.8) is 0 Å². The van der Waals surface area contributed by atoms with Crippen molar-refractivity contribution >= 4 is 0 Å². The molecule has 0 bridgehead atoms. The zero-order valence-corrected chi connectivity index (χ0v) is 14.6. The molecule has 0 saturated heterocycles. The minimum absolute atomic E-state index is 0.725. The molecule has 2 aliphatic rings. The van der Waals surface area contributed by atoms with Crippen LogP contribution in [-0.4, -0.2) is 50.3 Å². The van der Waals surface area contributed by atoms with E-state index in [1.807, 2.05) is 7.11 Å². The smallest absolute Gasteiger partial charge is 0.0589 e. The van der Waals surface area contributed by atoms with Gasteiger partial charge in [-0.15, -0.1) is 0 Å². The van der Waals surface area contributed by atoms with Crippen molar-refractivity contribution in [1.29, 1.82) is 0 Å². The first-order chi connectivity index (χ1) is 10.2. The Bertz CT molecular complexity index is 293. The van der Waals surface area contributed by atoms with E-state index in [4.69, 9.17) is 4.74 Å². The Kier molecular flexibility index (Phi) is 6.97. The van der Waals surface area contributed by atoms with Gasteiger partial charge >= 0.3 is 0 Å². The third-order valence-electron chi connectivity index (χ3n) is 5.64. The normalized spacial score (nSPS) is 31.6. The predicted octanol–water partition coefficient (Wildman–Crippen LogP) is 3.15. The van der Waals surface area contributed by atoms with Gasteiger partial charge in [0.05, 0.1) is 6.61 Å². The van der Waals surface area contributed by atoms with Gasteiger partial charge < -0.3 is 10.1 Å². The zero-order valence-electron chi connectivity index (χ0n) is 14.6. The van der Waals surface area contributed by atoms with Crippen LogP contribution in [0.1, 0.15) is 52.9 Å². The minimum Gasteiger partial charge on any atom is -0.383 e. The van der Waals surface area contributed by atoms with Gasteiger partial charge in [0.15, 0.2) is 0 Å². The molecule has 3 heteroatoms. The van der Waals surface area contributed by atoms with Crippen LogP contribution in [0.3, 0.4) is 0 Å². The van der Waals surface area contributed by atoms with Crippen LogP contribution in [0.25, 0.3) is 0 Å². The van der Waals surface area contributed by atoms with E-state index in [9.17, 15) is 0 Å². The zero-order chi connectivity index (χ0) is 15.2. The lowest BCUT2D eigenvalue weighted by molar-refractivity contribution is 0.0794. The van der Waals surface area contributed by atoms with E-state index in [2.05, 4.69) is 31.0 Å². The van der Waals surface area contributed by atoms with Crippen LogP contribution in [-0.2, 0) is 4.74 Å². The number of nitrogens with one attached hydrogen (secondary N) is 1. The quantitative estimate of drug-likeness (QED) is 0.707. The minimum atomic E-state index is 0.725. The highest BCUT2D eigenvalue weighted by atomic mass is 16.5. The fourth-order valence-corrected chi connectivity index (χ4v) is 4.08. The molecule has 2 fully saturated rings. The Labute approximate surface area is 131 Å². The molecule has 124 valence electrons. The van der Waals surface area contributed by atoms with Crippen molar-refractivity contribution in [2.45, 2.75) is 65.0 Å². The molecule has 0 aromatic rings. The van der Waals surface area contributed by atoms with Gasteiger partial charge in [0.25, 0.3) is 0 Å². The standard InChI is InChI=1S/C18H36N2O/c1-5-19-18-9-6-14(2)12-17(18)13-20(10-11-21-4)15(3)16-7-8-16/h14-19H,5-13H2,1-4H3. The summed E-state index contributed by atoms with van der Waals surface area (Å²) in [7, 11) is 1.82. The Balaban J connectivity index is 1.94. The van der Waals surface area contributed by atoms with Crippen molar-refractivity contribution in [1.82, 2.24) is 10.2 Å². The molecule has 21 heavy (non-hydrogen) atoms. The van der Waals surface area contributed by atoms with Gasteiger partial charge in [0, 0.05) is 32.3 Å². The van der Waals surface area contributed by atoms with Gasteiger partial charge in [0.2, 0.25) is 0 Å². The molecule has 0 radical (unpaired) electrons. The van der Waals surface area contributed by atoms with Gasteiger partial charge in [-0.3, -0.25) is 4.90 Å². The van der Waals surface area contributed by atoms with Crippen LogP contribution < -0.4 is 5.32 Å². The van der Waals surface area contributed by atoms with E-state index >= 15 is 0 Å². The predicted molar refractivity (Wildman–Crippen MR) is 89.6 cm³/mol. The van der Waals surface area contributed by atoms with E-state index in [1.165, 1.54) is 38.6 Å². The van der Waals surface area contributed by atoms with Crippen molar-refractivity contribution in [3.05, 3.63) is 0 Å². The Morgan fingerprint density at radius 2 is 2.00 bits per heavy atom. The van der Waals surface area contributed by atoms with Gasteiger partial charge in [0.1, 0.15) is 0 Å². The maximum atomic E-state index is 5.35. The van der Waals surface area contributed by atoms with Crippen LogP contribution in [0.5, 0.6) is 0 Å². The van der Waals surface area contributed by atoms with Crippen LogP contribution in [0, 0.1) is 17.8 Å². The molecule has 3 nitrogen and oxygen atoms in total. The number of rotatable bonds is 9. The van der Waals surface area contributed by atoms with Crippen LogP contribution in [0.15, 0.2) is 0 Å². The molecule has 0 aromatic carbocycles. The molecule has 2 aliphatic carbocycles. The van der Waals surface area contributed by atoms with Crippen LogP contribution in [0.2, 0.25) is 0 Å². The number of hydrogen-bond donors (Lipinski definition) is 1. The van der Waals surface area contributed by atoms with E-state index in [1.54, 1.807) is 0 Å². The molecular weight excluding hydrogens is 260 g/mol. The second kappa shape index (κ2) is 8.50. The summed E-state index contributed by atoms with van der Waals surface area (Å²) in [4.78, 5) is 2.72. The molecule has 0 aliphatic heterocycles. The number of hydrogen-bond acceptors (Lipinski definition) is 3. The summed E-state index contributed by atoms with van der Waals surface area (Å²) in [6.07, 6.45) is 7.00. The fourth-order valence-electron chi connectivity index (χ4n) is 4.08.